The predicted octanol–water partition coefficient (Wildman–Crippen LogP) is 5.94. The molecule has 2 fully saturated rings. The van der Waals surface area contributed by atoms with Gasteiger partial charge < -0.3 is 29.6 Å². The van der Waals surface area contributed by atoms with Crippen LogP contribution >= 0.6 is 0 Å². The number of fused-ring (bicyclic) bond motifs is 1. The highest BCUT2D eigenvalue weighted by Gasteiger charge is 2.56. The number of benzene rings is 3. The molecular formula is C35H37FN4O6. The first-order valence-corrected chi connectivity index (χ1v) is 15.4. The van der Waals surface area contributed by atoms with Gasteiger partial charge in [-0.3, -0.25) is 19.5 Å². The smallest absolute Gasteiger partial charge is 0.240 e. The molecule has 10 nitrogen and oxygen atoms in total. The van der Waals surface area contributed by atoms with Gasteiger partial charge in [0.25, 0.3) is 0 Å². The summed E-state index contributed by atoms with van der Waals surface area (Å²) in [6, 6.07) is 16.7. The number of ether oxygens (including phenoxy) is 4. The van der Waals surface area contributed by atoms with Crippen LogP contribution in [0.4, 0.5) is 15.8 Å². The zero-order valence-corrected chi connectivity index (χ0v) is 25.9. The first-order valence-electron chi connectivity index (χ1n) is 15.4. The average molecular weight is 629 g/mol. The molecule has 1 aromatic heterocycles. The lowest BCUT2D eigenvalue weighted by molar-refractivity contribution is -0.131. The third-order valence-corrected chi connectivity index (χ3v) is 8.31. The Labute approximate surface area is 266 Å². The summed E-state index contributed by atoms with van der Waals surface area (Å²) in [5.74, 6) is -0.116. The first-order chi connectivity index (χ1) is 22.3. The van der Waals surface area contributed by atoms with Crippen molar-refractivity contribution < 1.29 is 32.9 Å². The predicted molar refractivity (Wildman–Crippen MR) is 172 cm³/mol. The number of rotatable bonds is 12. The minimum atomic E-state index is -1.18. The molecule has 0 bridgehead atoms. The molecule has 3 aromatic carbocycles. The first kappa shape index (κ1) is 31.3. The Kier molecular flexibility index (Phi) is 9.32. The number of nitrogens with zero attached hydrogens (tertiary/aromatic N) is 2. The number of hydrogen-bond acceptors (Lipinski definition) is 8. The van der Waals surface area contributed by atoms with Gasteiger partial charge in [0.2, 0.25) is 11.8 Å². The summed E-state index contributed by atoms with van der Waals surface area (Å²) in [7, 11) is 1.56. The minimum Gasteiger partial charge on any atom is -0.493 e. The summed E-state index contributed by atoms with van der Waals surface area (Å²) >= 11 is 0. The molecule has 46 heavy (non-hydrogen) atoms. The van der Waals surface area contributed by atoms with Gasteiger partial charge in [0.05, 0.1) is 32.4 Å². The number of aromatic nitrogens is 1. The largest absolute Gasteiger partial charge is 0.493 e. The summed E-state index contributed by atoms with van der Waals surface area (Å²) in [5.41, 5.74) is 1.32. The van der Waals surface area contributed by atoms with Crippen LogP contribution in [0.3, 0.4) is 0 Å². The van der Waals surface area contributed by atoms with Gasteiger partial charge in [-0.05, 0) is 62.6 Å². The lowest BCUT2D eigenvalue weighted by atomic mass is 10.0. The molecule has 2 amide bonds. The van der Waals surface area contributed by atoms with E-state index >= 15 is 4.39 Å². The Balaban J connectivity index is 1.10. The Morgan fingerprint density at radius 1 is 0.913 bits per heavy atom. The van der Waals surface area contributed by atoms with E-state index in [2.05, 4.69) is 20.5 Å². The van der Waals surface area contributed by atoms with Gasteiger partial charge in [-0.2, -0.15) is 0 Å². The molecule has 2 aliphatic rings. The van der Waals surface area contributed by atoms with E-state index < -0.39 is 17.1 Å². The van der Waals surface area contributed by atoms with Crippen LogP contribution in [0.2, 0.25) is 0 Å². The van der Waals surface area contributed by atoms with E-state index in [4.69, 9.17) is 18.9 Å². The van der Waals surface area contributed by atoms with Crippen LogP contribution in [-0.2, 0) is 14.3 Å². The molecule has 1 aliphatic heterocycles. The van der Waals surface area contributed by atoms with Crippen molar-refractivity contribution in [2.24, 2.45) is 5.41 Å². The van der Waals surface area contributed by atoms with Crippen molar-refractivity contribution in [2.75, 3.05) is 57.2 Å². The molecule has 0 atom stereocenters. The second-order valence-corrected chi connectivity index (χ2v) is 11.6. The molecule has 240 valence electrons. The van der Waals surface area contributed by atoms with E-state index in [0.717, 1.165) is 44.8 Å². The van der Waals surface area contributed by atoms with Crippen molar-refractivity contribution in [2.45, 2.75) is 26.2 Å². The highest BCUT2D eigenvalue weighted by molar-refractivity contribution is 6.16. The van der Waals surface area contributed by atoms with Gasteiger partial charge >= 0.3 is 0 Å². The van der Waals surface area contributed by atoms with Gasteiger partial charge in [0.1, 0.15) is 11.2 Å². The van der Waals surface area contributed by atoms with Crippen molar-refractivity contribution in [1.82, 2.24) is 9.88 Å². The van der Waals surface area contributed by atoms with E-state index in [1.165, 1.54) is 18.2 Å². The van der Waals surface area contributed by atoms with Crippen molar-refractivity contribution in [3.05, 3.63) is 78.2 Å². The number of methoxy groups -OCH3 is 1. The number of hydrogen-bond donors (Lipinski definition) is 2. The van der Waals surface area contributed by atoms with Crippen molar-refractivity contribution in [1.29, 1.82) is 0 Å². The van der Waals surface area contributed by atoms with Gasteiger partial charge in [-0.15, -0.1) is 0 Å². The van der Waals surface area contributed by atoms with Crippen LogP contribution in [0.1, 0.15) is 24.8 Å². The maximum Gasteiger partial charge on any atom is 0.240 e. The monoisotopic (exact) mass is 628 g/mol. The van der Waals surface area contributed by atoms with E-state index in [9.17, 15) is 9.59 Å². The molecule has 11 heteroatoms. The number of carbonyl (C=O) groups excluding carboxylic acids is 2. The van der Waals surface area contributed by atoms with E-state index in [-0.39, 0.29) is 17.3 Å². The molecule has 0 radical (unpaired) electrons. The van der Waals surface area contributed by atoms with Gasteiger partial charge in [0.15, 0.2) is 23.1 Å². The molecular weight excluding hydrogens is 591 g/mol. The van der Waals surface area contributed by atoms with Crippen LogP contribution in [-0.4, -0.2) is 68.3 Å². The Morgan fingerprint density at radius 2 is 1.63 bits per heavy atom. The number of aryl methyl sites for hydroxylation is 1. The summed E-state index contributed by atoms with van der Waals surface area (Å²) in [5, 5.41) is 6.13. The lowest BCUT2D eigenvalue weighted by Crippen LogP contribution is -2.37. The fraction of sp³-hybridized carbons (Fsp3) is 0.343. The molecule has 1 saturated carbocycles. The molecule has 6 rings (SSSR count). The second-order valence-electron chi connectivity index (χ2n) is 11.6. The van der Waals surface area contributed by atoms with E-state index in [1.54, 1.807) is 43.6 Å². The number of amides is 2. The summed E-state index contributed by atoms with van der Waals surface area (Å²) < 4.78 is 38.3. The normalized spacial score (nSPS) is 15.6. The quantitative estimate of drug-likeness (QED) is 0.147. The average Bonchev–Trinajstić information content (AvgIpc) is 3.88. The molecule has 4 aromatic rings. The molecule has 1 aliphatic carbocycles. The Hall–Kier alpha value is -4.74. The summed E-state index contributed by atoms with van der Waals surface area (Å²) in [6.07, 6.45) is 3.27. The maximum atomic E-state index is 15.3. The van der Waals surface area contributed by atoms with Crippen molar-refractivity contribution in [3.63, 3.8) is 0 Å². The number of anilines is 2. The van der Waals surface area contributed by atoms with Crippen LogP contribution < -0.4 is 24.8 Å². The van der Waals surface area contributed by atoms with Gasteiger partial charge in [0, 0.05) is 54.7 Å². The maximum absolute atomic E-state index is 15.3. The number of pyridine rings is 1. The number of halogens is 1. The second kappa shape index (κ2) is 13.7. The van der Waals surface area contributed by atoms with Gasteiger partial charge in [-0.25, -0.2) is 4.39 Å². The molecule has 2 N–H and O–H groups in total. The highest BCUT2D eigenvalue weighted by Crippen LogP contribution is 2.47. The van der Waals surface area contributed by atoms with Crippen LogP contribution in [0.15, 0.2) is 66.9 Å². The zero-order valence-electron chi connectivity index (χ0n) is 25.9. The minimum absolute atomic E-state index is 0.0360. The lowest BCUT2D eigenvalue weighted by Gasteiger charge is -2.26. The van der Waals surface area contributed by atoms with Crippen LogP contribution in [0.5, 0.6) is 23.0 Å². The zero-order chi connectivity index (χ0) is 32.1. The fourth-order valence-electron chi connectivity index (χ4n) is 5.39. The summed E-state index contributed by atoms with van der Waals surface area (Å²) in [6.45, 7) is 6.77. The van der Waals surface area contributed by atoms with Crippen molar-refractivity contribution >= 4 is 34.1 Å². The van der Waals surface area contributed by atoms with Crippen molar-refractivity contribution in [3.8, 4) is 23.0 Å². The van der Waals surface area contributed by atoms with Crippen LogP contribution in [0.25, 0.3) is 10.9 Å². The molecule has 0 unspecified atom stereocenters. The number of morpholine rings is 1. The molecule has 2 heterocycles. The third-order valence-electron chi connectivity index (χ3n) is 8.31. The Bertz CT molecular complexity index is 1720. The van der Waals surface area contributed by atoms with Gasteiger partial charge in [-0.1, -0.05) is 17.7 Å². The fourth-order valence-corrected chi connectivity index (χ4v) is 5.39. The highest BCUT2D eigenvalue weighted by atomic mass is 19.1. The SMILES string of the molecule is COc1cc2c(Oc3ccc(NC(=O)C4(C(=O)Nc5ccc(C)cc5)CC4)cc3F)ccnc2cc1OCCCN1CCOCC1. The molecule has 1 saturated heterocycles. The number of nitrogens with one attached hydrogen (secondary N) is 2. The van der Waals surface area contributed by atoms with Crippen LogP contribution in [0, 0.1) is 18.2 Å². The number of carbonyl (C=O) groups is 2. The summed E-state index contributed by atoms with van der Waals surface area (Å²) in [4.78, 5) is 32.8. The van der Waals surface area contributed by atoms with E-state index in [1.807, 2.05) is 19.1 Å². The molecule has 0 spiro atoms. The third kappa shape index (κ3) is 7.05. The topological polar surface area (TPSA) is 111 Å². The Morgan fingerprint density at radius 3 is 2.33 bits per heavy atom. The standard InChI is InChI=1S/C35H37FN4O6/c1-23-4-6-24(7-5-23)38-33(41)35(11-12-35)34(42)39-25-8-9-30(27(36)20-25)46-29-10-13-37-28-22-32(31(43-2)21-26(28)29)45-17-3-14-40-15-18-44-19-16-40/h4-10,13,20-22H,3,11-12,14-19H2,1-2H3,(H,38,41)(H,39,42). The van der Waals surface area contributed by atoms with E-state index in [0.29, 0.717) is 53.3 Å².